The van der Waals surface area contributed by atoms with E-state index in [0.717, 1.165) is 44.2 Å². The van der Waals surface area contributed by atoms with Crippen molar-refractivity contribution in [2.75, 3.05) is 11.9 Å². The van der Waals surface area contributed by atoms with Gasteiger partial charge < -0.3 is 14.9 Å². The molecule has 0 bridgehead atoms. The SMILES string of the molecule is CC[C@@H]1C2C[C@H](O)CCC2(C)[C@H]2CCC3(C)[C@@H]([C@H](C)CCCOC(=O)Nc4ccc(C(C)(C)C)cc4)CC[C@H]3C2[C@@H]1O. The molecule has 11 atom stereocenters. The fraction of sp³-hybridized carbons (Fsp3) is 0.811. The van der Waals surface area contributed by atoms with Crippen LogP contribution in [0.5, 0.6) is 0 Å². The molecule has 0 aliphatic heterocycles. The largest absolute Gasteiger partial charge is 0.449 e. The highest BCUT2D eigenvalue weighted by molar-refractivity contribution is 5.84. The van der Waals surface area contributed by atoms with Crippen molar-refractivity contribution >= 4 is 11.8 Å². The van der Waals surface area contributed by atoms with Gasteiger partial charge in [0.2, 0.25) is 0 Å². The molecule has 3 N–H and O–H groups in total. The Balaban J connectivity index is 1.16. The van der Waals surface area contributed by atoms with Crippen molar-refractivity contribution in [2.45, 2.75) is 130 Å². The van der Waals surface area contributed by atoms with E-state index >= 15 is 0 Å². The summed E-state index contributed by atoms with van der Waals surface area (Å²) < 4.78 is 5.57. The molecule has 4 fully saturated rings. The minimum atomic E-state index is -0.379. The quantitative estimate of drug-likeness (QED) is 0.282. The molecule has 0 heterocycles. The van der Waals surface area contributed by atoms with Gasteiger partial charge in [0, 0.05) is 5.69 Å². The molecule has 0 spiro atoms. The van der Waals surface area contributed by atoms with Crippen molar-refractivity contribution in [3.05, 3.63) is 29.8 Å². The van der Waals surface area contributed by atoms with E-state index in [1.165, 1.54) is 31.2 Å². The molecule has 1 aromatic carbocycles. The normalized spacial score (nSPS) is 40.4. The molecule has 4 aliphatic carbocycles. The number of anilines is 1. The molecule has 5 nitrogen and oxygen atoms in total. The summed E-state index contributed by atoms with van der Waals surface area (Å²) in [7, 11) is 0. The number of hydrogen-bond acceptors (Lipinski definition) is 4. The molecule has 236 valence electrons. The van der Waals surface area contributed by atoms with Crippen LogP contribution in [0.4, 0.5) is 10.5 Å². The number of benzene rings is 1. The summed E-state index contributed by atoms with van der Waals surface area (Å²) in [5, 5.41) is 25.4. The molecule has 4 unspecified atom stereocenters. The van der Waals surface area contributed by atoms with Gasteiger partial charge in [-0.3, -0.25) is 5.32 Å². The van der Waals surface area contributed by atoms with E-state index in [1.54, 1.807) is 0 Å². The zero-order valence-corrected chi connectivity index (χ0v) is 27.5. The number of hydrogen-bond donors (Lipinski definition) is 3. The monoisotopic (exact) mass is 581 g/mol. The lowest BCUT2D eigenvalue weighted by molar-refractivity contribution is -0.203. The van der Waals surface area contributed by atoms with Gasteiger partial charge in [-0.2, -0.15) is 0 Å². The minimum Gasteiger partial charge on any atom is -0.449 e. The highest BCUT2D eigenvalue weighted by Crippen LogP contribution is 2.69. The predicted molar refractivity (Wildman–Crippen MR) is 170 cm³/mol. The van der Waals surface area contributed by atoms with Gasteiger partial charge in [-0.15, -0.1) is 0 Å². The summed E-state index contributed by atoms with van der Waals surface area (Å²) in [5.74, 6) is 3.55. The topological polar surface area (TPSA) is 78.8 Å². The zero-order chi connectivity index (χ0) is 30.4. The van der Waals surface area contributed by atoms with Crippen LogP contribution in [-0.4, -0.2) is 35.1 Å². The Morgan fingerprint density at radius 1 is 1.00 bits per heavy atom. The lowest BCUT2D eigenvalue weighted by atomic mass is 9.41. The van der Waals surface area contributed by atoms with Gasteiger partial charge in [0.05, 0.1) is 18.8 Å². The number of carbonyl (C=O) groups excluding carboxylic acids is 1. The van der Waals surface area contributed by atoms with Gasteiger partial charge in [0.15, 0.2) is 0 Å². The Labute approximate surface area is 255 Å². The Morgan fingerprint density at radius 3 is 2.33 bits per heavy atom. The molecule has 0 radical (unpaired) electrons. The van der Waals surface area contributed by atoms with Crippen LogP contribution < -0.4 is 5.32 Å². The van der Waals surface area contributed by atoms with Gasteiger partial charge in [0.25, 0.3) is 0 Å². The molecule has 5 rings (SSSR count). The van der Waals surface area contributed by atoms with Crippen LogP contribution in [0.3, 0.4) is 0 Å². The van der Waals surface area contributed by atoms with Crippen LogP contribution in [-0.2, 0) is 10.2 Å². The number of nitrogens with one attached hydrogen (secondary N) is 1. The van der Waals surface area contributed by atoms with Gasteiger partial charge in [0.1, 0.15) is 0 Å². The van der Waals surface area contributed by atoms with Gasteiger partial charge in [-0.25, -0.2) is 4.79 Å². The molecule has 4 saturated carbocycles. The van der Waals surface area contributed by atoms with E-state index < -0.39 is 0 Å². The third-order valence-electron chi connectivity index (χ3n) is 13.2. The molecule has 5 heteroatoms. The minimum absolute atomic E-state index is 0.0840. The molecule has 1 amide bonds. The van der Waals surface area contributed by atoms with E-state index in [0.29, 0.717) is 48.0 Å². The number of aliphatic hydroxyl groups is 2. The summed E-state index contributed by atoms with van der Waals surface area (Å²) in [4.78, 5) is 12.4. The highest BCUT2D eigenvalue weighted by Gasteiger charge is 2.64. The van der Waals surface area contributed by atoms with E-state index in [9.17, 15) is 15.0 Å². The summed E-state index contributed by atoms with van der Waals surface area (Å²) in [6.07, 6.45) is 10.0. The van der Waals surface area contributed by atoms with Crippen LogP contribution in [0.2, 0.25) is 0 Å². The van der Waals surface area contributed by atoms with E-state index in [1.807, 2.05) is 12.1 Å². The first-order valence-corrected chi connectivity index (χ1v) is 17.2. The van der Waals surface area contributed by atoms with Crippen molar-refractivity contribution < 1.29 is 19.7 Å². The highest BCUT2D eigenvalue weighted by atomic mass is 16.5. The van der Waals surface area contributed by atoms with E-state index in [2.05, 4.69) is 65.9 Å². The zero-order valence-electron chi connectivity index (χ0n) is 27.5. The second-order valence-corrected chi connectivity index (χ2v) is 16.3. The van der Waals surface area contributed by atoms with Crippen LogP contribution in [0.1, 0.15) is 118 Å². The first-order chi connectivity index (χ1) is 19.8. The third-order valence-corrected chi connectivity index (χ3v) is 13.2. The third kappa shape index (κ3) is 5.78. The van der Waals surface area contributed by atoms with Crippen molar-refractivity contribution in [3.8, 4) is 0 Å². The van der Waals surface area contributed by atoms with Crippen LogP contribution in [0.25, 0.3) is 0 Å². The maximum absolute atomic E-state index is 12.4. The maximum atomic E-state index is 12.4. The fourth-order valence-electron chi connectivity index (χ4n) is 10.9. The molecular formula is C37H59NO4. The first kappa shape index (κ1) is 31.8. The predicted octanol–water partition coefficient (Wildman–Crippen LogP) is 8.58. The number of amides is 1. The van der Waals surface area contributed by atoms with Crippen molar-refractivity contribution in [1.82, 2.24) is 0 Å². The summed E-state index contributed by atoms with van der Waals surface area (Å²) in [6, 6.07) is 8.01. The number of fused-ring (bicyclic) bond motifs is 5. The smallest absolute Gasteiger partial charge is 0.411 e. The molecular weight excluding hydrogens is 522 g/mol. The number of aliphatic hydroxyl groups excluding tert-OH is 2. The lowest BCUT2D eigenvalue weighted by Gasteiger charge is -2.64. The maximum Gasteiger partial charge on any atom is 0.411 e. The molecule has 1 aromatic rings. The van der Waals surface area contributed by atoms with E-state index in [-0.39, 0.29) is 34.5 Å². The van der Waals surface area contributed by atoms with Crippen LogP contribution >= 0.6 is 0 Å². The van der Waals surface area contributed by atoms with Crippen molar-refractivity contribution in [2.24, 2.45) is 52.3 Å². The number of carbonyl (C=O) groups is 1. The molecule has 0 saturated heterocycles. The summed E-state index contributed by atoms with van der Waals surface area (Å²) in [5.41, 5.74) is 2.61. The molecule has 42 heavy (non-hydrogen) atoms. The molecule has 0 aromatic heterocycles. The van der Waals surface area contributed by atoms with Gasteiger partial charge in [-0.05, 0) is 133 Å². The van der Waals surface area contributed by atoms with Gasteiger partial charge >= 0.3 is 6.09 Å². The van der Waals surface area contributed by atoms with Gasteiger partial charge in [-0.1, -0.05) is 67.0 Å². The Bertz CT molecular complexity index is 1080. The Morgan fingerprint density at radius 2 is 1.67 bits per heavy atom. The first-order valence-electron chi connectivity index (χ1n) is 17.2. The van der Waals surface area contributed by atoms with Crippen LogP contribution in [0, 0.1) is 52.3 Å². The lowest BCUT2D eigenvalue weighted by Crippen LogP contribution is -2.62. The average molecular weight is 582 g/mol. The van der Waals surface area contributed by atoms with Crippen LogP contribution in [0.15, 0.2) is 24.3 Å². The summed E-state index contributed by atoms with van der Waals surface area (Å²) in [6.45, 7) is 16.7. The standard InChI is InChI=1S/C37H59NO4/c1-8-27-31-22-26(39)17-19-37(31,7)30-18-20-36(6)28(15-16-29(36)32(30)33(27)40)23(2)10-9-21-42-34(41)38-25-13-11-24(12-14-25)35(3,4)5/h11-14,23,26-33,39-40H,8-10,15-22H2,1-7H3,(H,38,41)/t23-,26-,27-,28-,29+,30+,31?,32?,33-,36?,37?/m1/s1. The number of ether oxygens (including phenoxy) is 1. The van der Waals surface area contributed by atoms with Crippen molar-refractivity contribution in [1.29, 1.82) is 0 Å². The molecule has 4 aliphatic rings. The summed E-state index contributed by atoms with van der Waals surface area (Å²) >= 11 is 0. The van der Waals surface area contributed by atoms with E-state index in [4.69, 9.17) is 4.74 Å². The average Bonchev–Trinajstić information content (AvgIpc) is 3.29. The Kier molecular flexibility index (Phi) is 9.14. The second-order valence-electron chi connectivity index (χ2n) is 16.3. The second kappa shape index (κ2) is 12.1. The van der Waals surface area contributed by atoms with Crippen molar-refractivity contribution in [3.63, 3.8) is 0 Å². The number of rotatable bonds is 7. The fourth-order valence-corrected chi connectivity index (χ4v) is 10.9. The Hall–Kier alpha value is -1.59.